The van der Waals surface area contributed by atoms with Crippen LogP contribution >= 0.6 is 27.5 Å². The summed E-state index contributed by atoms with van der Waals surface area (Å²) in [5.74, 6) is 0.195. The van der Waals surface area contributed by atoms with E-state index < -0.39 is 0 Å². The summed E-state index contributed by atoms with van der Waals surface area (Å²) in [5, 5.41) is 0. The highest BCUT2D eigenvalue weighted by Crippen LogP contribution is 2.26. The second-order valence-electron chi connectivity index (χ2n) is 4.53. The van der Waals surface area contributed by atoms with E-state index in [2.05, 4.69) is 20.9 Å². The normalized spacial score (nSPS) is 11.2. The summed E-state index contributed by atoms with van der Waals surface area (Å²) in [4.78, 5) is 4.37. The molecule has 2 nitrogen and oxygen atoms in total. The van der Waals surface area contributed by atoms with Gasteiger partial charge in [0, 0.05) is 22.8 Å². The highest BCUT2D eigenvalue weighted by Gasteiger charge is 2.16. The van der Waals surface area contributed by atoms with Crippen LogP contribution in [0.2, 0.25) is 0 Å². The number of imidazole rings is 1. The van der Waals surface area contributed by atoms with Crippen molar-refractivity contribution in [3.63, 3.8) is 0 Å². The first kappa shape index (κ1) is 14.5. The van der Waals surface area contributed by atoms with Gasteiger partial charge in [0.05, 0.1) is 16.7 Å². The van der Waals surface area contributed by atoms with Crippen LogP contribution in [0, 0.1) is 11.6 Å². The summed E-state index contributed by atoms with van der Waals surface area (Å²) < 4.78 is 30.0. The number of aryl methyl sites for hydroxylation is 1. The summed E-state index contributed by atoms with van der Waals surface area (Å²) in [6, 6.07) is 8.92. The molecule has 3 rings (SSSR count). The third-order valence-electron chi connectivity index (χ3n) is 3.15. The largest absolute Gasteiger partial charge is 0.293 e. The number of nitrogens with zero attached hydrogens (tertiary/aromatic N) is 2. The van der Waals surface area contributed by atoms with Crippen molar-refractivity contribution >= 4 is 38.6 Å². The minimum Gasteiger partial charge on any atom is -0.293 e. The van der Waals surface area contributed by atoms with E-state index >= 15 is 0 Å². The monoisotopic (exact) mass is 370 g/mol. The first-order valence-corrected chi connectivity index (χ1v) is 7.61. The number of rotatable bonds is 3. The van der Waals surface area contributed by atoms with Gasteiger partial charge in [0.1, 0.15) is 17.5 Å². The van der Waals surface area contributed by atoms with Crippen LogP contribution < -0.4 is 0 Å². The van der Waals surface area contributed by atoms with Crippen LogP contribution in [0.25, 0.3) is 16.7 Å². The van der Waals surface area contributed by atoms with E-state index in [0.717, 1.165) is 4.47 Å². The van der Waals surface area contributed by atoms with Gasteiger partial charge in [0.25, 0.3) is 0 Å². The average molecular weight is 372 g/mol. The van der Waals surface area contributed by atoms with Crippen molar-refractivity contribution in [1.82, 2.24) is 9.55 Å². The molecule has 3 aromatic rings. The molecule has 0 aliphatic rings. The van der Waals surface area contributed by atoms with Crippen LogP contribution in [0.1, 0.15) is 5.82 Å². The molecule has 0 radical (unpaired) electrons. The minimum absolute atomic E-state index is 0.349. The van der Waals surface area contributed by atoms with Gasteiger partial charge in [-0.2, -0.15) is 0 Å². The Labute approximate surface area is 133 Å². The number of hydrogen-bond acceptors (Lipinski definition) is 1. The summed E-state index contributed by atoms with van der Waals surface area (Å²) in [5.41, 5.74) is 1.49. The van der Waals surface area contributed by atoms with Gasteiger partial charge in [0.15, 0.2) is 0 Å². The predicted octanol–water partition coefficient (Wildman–Crippen LogP) is 4.85. The Hall–Kier alpha value is -1.46. The third kappa shape index (κ3) is 2.68. The van der Waals surface area contributed by atoms with Gasteiger partial charge < -0.3 is 0 Å². The fourth-order valence-corrected chi connectivity index (χ4v) is 2.80. The van der Waals surface area contributed by atoms with E-state index in [-0.39, 0.29) is 11.6 Å². The Morgan fingerprint density at radius 2 is 1.95 bits per heavy atom. The zero-order valence-corrected chi connectivity index (χ0v) is 13.1. The molecule has 0 spiro atoms. The van der Waals surface area contributed by atoms with E-state index in [1.807, 2.05) is 0 Å². The smallest absolute Gasteiger partial charge is 0.147 e. The van der Waals surface area contributed by atoms with Crippen LogP contribution in [0.5, 0.6) is 0 Å². The van der Waals surface area contributed by atoms with E-state index in [9.17, 15) is 8.78 Å². The lowest BCUT2D eigenvalue weighted by molar-refractivity contribution is 0.616. The summed E-state index contributed by atoms with van der Waals surface area (Å²) >= 11 is 9.13. The lowest BCUT2D eigenvalue weighted by atomic mass is 10.2. The van der Waals surface area contributed by atoms with Crippen LogP contribution in [0.3, 0.4) is 0 Å². The molecule has 0 saturated heterocycles. The van der Waals surface area contributed by atoms with Crippen molar-refractivity contribution in [2.45, 2.75) is 6.42 Å². The molecule has 0 amide bonds. The Balaban J connectivity index is 2.33. The van der Waals surface area contributed by atoms with Crippen LogP contribution in [0.4, 0.5) is 8.78 Å². The van der Waals surface area contributed by atoms with Crippen molar-refractivity contribution < 1.29 is 8.78 Å². The Kier molecular flexibility index (Phi) is 3.95. The molecular weight excluding hydrogens is 362 g/mol. The zero-order chi connectivity index (χ0) is 15.0. The molecule has 0 N–H and O–H groups in total. The Morgan fingerprint density at radius 3 is 2.71 bits per heavy atom. The maximum Gasteiger partial charge on any atom is 0.147 e. The van der Waals surface area contributed by atoms with Gasteiger partial charge in [-0.25, -0.2) is 13.8 Å². The quantitative estimate of drug-likeness (QED) is 0.602. The number of benzene rings is 2. The molecule has 0 unspecified atom stereocenters. The standard InChI is InChI=1S/C15H10BrClF2N2/c16-9-1-3-11(19)14(7-9)21-13-4-2-10(18)8-12(13)20-15(21)5-6-17/h1-4,7-8H,5-6H2. The second kappa shape index (κ2) is 5.73. The van der Waals surface area contributed by atoms with Crippen LogP contribution in [-0.2, 0) is 6.42 Å². The SMILES string of the molecule is Fc1ccc2c(c1)nc(CCCl)n2-c1cc(Br)ccc1F. The number of fused-ring (bicyclic) bond motifs is 1. The van der Waals surface area contributed by atoms with E-state index in [4.69, 9.17) is 11.6 Å². The van der Waals surface area contributed by atoms with Crippen molar-refractivity contribution in [1.29, 1.82) is 0 Å². The fraction of sp³-hybridized carbons (Fsp3) is 0.133. The molecule has 108 valence electrons. The molecule has 0 fully saturated rings. The molecular formula is C15H10BrClF2N2. The zero-order valence-electron chi connectivity index (χ0n) is 10.8. The van der Waals surface area contributed by atoms with Gasteiger partial charge in [-0.05, 0) is 30.3 Å². The third-order valence-corrected chi connectivity index (χ3v) is 3.84. The number of alkyl halides is 1. The Morgan fingerprint density at radius 1 is 1.14 bits per heavy atom. The van der Waals surface area contributed by atoms with E-state index in [0.29, 0.717) is 34.8 Å². The van der Waals surface area contributed by atoms with Crippen LogP contribution in [0.15, 0.2) is 40.9 Å². The number of aromatic nitrogens is 2. The maximum atomic E-state index is 14.2. The minimum atomic E-state index is -0.377. The lowest BCUT2D eigenvalue weighted by Gasteiger charge is -2.10. The maximum absolute atomic E-state index is 14.2. The first-order chi connectivity index (χ1) is 10.1. The van der Waals surface area contributed by atoms with E-state index in [1.165, 1.54) is 18.2 Å². The van der Waals surface area contributed by atoms with Crippen molar-refractivity contribution in [3.8, 4) is 5.69 Å². The first-order valence-electron chi connectivity index (χ1n) is 6.28. The van der Waals surface area contributed by atoms with Crippen molar-refractivity contribution in [2.24, 2.45) is 0 Å². The summed E-state index contributed by atoms with van der Waals surface area (Å²) in [6.07, 6.45) is 0.462. The molecule has 1 heterocycles. The number of halogens is 4. The van der Waals surface area contributed by atoms with Gasteiger partial charge in [-0.1, -0.05) is 15.9 Å². The molecule has 21 heavy (non-hydrogen) atoms. The number of hydrogen-bond donors (Lipinski definition) is 0. The van der Waals surface area contributed by atoms with Gasteiger partial charge >= 0.3 is 0 Å². The molecule has 0 saturated carbocycles. The van der Waals surface area contributed by atoms with E-state index in [1.54, 1.807) is 22.8 Å². The molecule has 0 bridgehead atoms. The summed E-state index contributed by atoms with van der Waals surface area (Å²) in [7, 11) is 0. The Bertz CT molecular complexity index is 817. The molecule has 0 aliphatic heterocycles. The summed E-state index contributed by atoms with van der Waals surface area (Å²) in [6.45, 7) is 0. The topological polar surface area (TPSA) is 17.8 Å². The highest BCUT2D eigenvalue weighted by atomic mass is 79.9. The molecule has 0 atom stereocenters. The molecule has 1 aromatic heterocycles. The predicted molar refractivity (Wildman–Crippen MR) is 83.1 cm³/mol. The van der Waals surface area contributed by atoms with Gasteiger partial charge in [-0.15, -0.1) is 11.6 Å². The molecule has 6 heteroatoms. The second-order valence-corrected chi connectivity index (χ2v) is 5.82. The van der Waals surface area contributed by atoms with Crippen LogP contribution in [-0.4, -0.2) is 15.4 Å². The average Bonchev–Trinajstić information content (AvgIpc) is 2.79. The van der Waals surface area contributed by atoms with Crippen molar-refractivity contribution in [3.05, 3.63) is 58.3 Å². The fourth-order valence-electron chi connectivity index (χ4n) is 2.28. The van der Waals surface area contributed by atoms with Gasteiger partial charge in [0.2, 0.25) is 0 Å². The molecule has 2 aromatic carbocycles. The lowest BCUT2D eigenvalue weighted by Crippen LogP contribution is -2.04. The van der Waals surface area contributed by atoms with Gasteiger partial charge in [-0.3, -0.25) is 4.57 Å². The molecule has 0 aliphatic carbocycles. The highest BCUT2D eigenvalue weighted by molar-refractivity contribution is 9.10. The van der Waals surface area contributed by atoms with Crippen molar-refractivity contribution in [2.75, 3.05) is 5.88 Å².